The van der Waals surface area contributed by atoms with E-state index in [0.717, 1.165) is 33.3 Å². The molecule has 4 aromatic rings. The molecule has 5 rings (SSSR count). The first kappa shape index (κ1) is 19.0. The van der Waals surface area contributed by atoms with E-state index < -0.39 is 11.6 Å². The van der Waals surface area contributed by atoms with E-state index in [9.17, 15) is 9.59 Å². The van der Waals surface area contributed by atoms with Gasteiger partial charge in [0.25, 0.3) is 5.91 Å². The zero-order valence-electron chi connectivity index (χ0n) is 17.1. The second-order valence-electron chi connectivity index (χ2n) is 7.74. The molecule has 0 aliphatic carbocycles. The average molecular weight is 407 g/mol. The summed E-state index contributed by atoms with van der Waals surface area (Å²) >= 11 is 0. The third-order valence-electron chi connectivity index (χ3n) is 5.78. The Kier molecular flexibility index (Phi) is 4.51. The number of aryl methyl sites for hydroxylation is 1. The van der Waals surface area contributed by atoms with Crippen LogP contribution in [0.2, 0.25) is 0 Å². The number of rotatable bonds is 4. The van der Waals surface area contributed by atoms with E-state index in [1.165, 1.54) is 4.90 Å². The van der Waals surface area contributed by atoms with Crippen molar-refractivity contribution in [2.24, 2.45) is 0 Å². The van der Waals surface area contributed by atoms with Gasteiger partial charge in [0.15, 0.2) is 5.54 Å². The van der Waals surface area contributed by atoms with Crippen LogP contribution >= 0.6 is 0 Å². The number of aromatic nitrogens is 1. The highest BCUT2D eigenvalue weighted by Gasteiger charge is 2.53. The summed E-state index contributed by atoms with van der Waals surface area (Å²) in [5, 5.41) is 3.94. The average Bonchev–Trinajstić information content (AvgIpc) is 3.06. The van der Waals surface area contributed by atoms with Gasteiger partial charge in [-0.1, -0.05) is 78.9 Å². The first-order valence-corrected chi connectivity index (χ1v) is 10.2. The molecule has 1 aromatic heterocycles. The Morgan fingerprint density at radius 1 is 0.839 bits per heavy atom. The number of nitrogens with zero attached hydrogens (tertiary/aromatic N) is 2. The number of fused-ring (bicyclic) bond motifs is 1. The molecule has 0 radical (unpaired) electrons. The molecule has 3 aromatic carbocycles. The molecule has 0 saturated carbocycles. The van der Waals surface area contributed by atoms with E-state index >= 15 is 0 Å². The summed E-state index contributed by atoms with van der Waals surface area (Å²) in [6, 6.07) is 28.1. The second-order valence-corrected chi connectivity index (χ2v) is 7.74. The highest BCUT2D eigenvalue weighted by Crippen LogP contribution is 2.37. The van der Waals surface area contributed by atoms with Crippen molar-refractivity contribution in [3.05, 3.63) is 113 Å². The predicted molar refractivity (Wildman–Crippen MR) is 119 cm³/mol. The summed E-state index contributed by atoms with van der Waals surface area (Å²) in [5.74, 6) is -0.284. The third kappa shape index (κ3) is 3.06. The number of hydrogen-bond donors (Lipinski definition) is 1. The first-order valence-electron chi connectivity index (χ1n) is 10.2. The van der Waals surface area contributed by atoms with Crippen LogP contribution in [0, 0.1) is 6.92 Å². The van der Waals surface area contributed by atoms with Crippen LogP contribution in [0.4, 0.5) is 4.79 Å². The fourth-order valence-electron chi connectivity index (χ4n) is 4.35. The quantitative estimate of drug-likeness (QED) is 0.505. The van der Waals surface area contributed by atoms with E-state index in [2.05, 4.69) is 10.3 Å². The van der Waals surface area contributed by atoms with Gasteiger partial charge in [-0.3, -0.25) is 14.7 Å². The molecule has 1 aliphatic heterocycles. The number of para-hydroxylation sites is 1. The summed E-state index contributed by atoms with van der Waals surface area (Å²) < 4.78 is 0. The van der Waals surface area contributed by atoms with Gasteiger partial charge in [-0.15, -0.1) is 0 Å². The highest BCUT2D eigenvalue weighted by atomic mass is 16.2. The molecule has 0 atom stereocenters. The normalized spacial score (nSPS) is 15.3. The van der Waals surface area contributed by atoms with Gasteiger partial charge in [0, 0.05) is 11.1 Å². The number of pyridine rings is 1. The van der Waals surface area contributed by atoms with E-state index in [1.54, 1.807) is 0 Å². The van der Waals surface area contributed by atoms with Crippen LogP contribution in [0.25, 0.3) is 10.9 Å². The SMILES string of the molecule is Cc1cc(CN2C(=O)NC(c3ccccc3)(c3ccccc3)C2=O)c2ccccc2n1. The maximum Gasteiger partial charge on any atom is 0.325 e. The number of carbonyl (C=O) groups excluding carboxylic acids is 2. The minimum Gasteiger partial charge on any atom is -0.315 e. The molecule has 2 heterocycles. The highest BCUT2D eigenvalue weighted by molar-refractivity contribution is 6.09. The number of carbonyl (C=O) groups is 2. The number of hydrogen-bond acceptors (Lipinski definition) is 3. The molecule has 1 aliphatic rings. The van der Waals surface area contributed by atoms with Crippen LogP contribution in [0.3, 0.4) is 0 Å². The first-order chi connectivity index (χ1) is 15.1. The molecular weight excluding hydrogens is 386 g/mol. The lowest BCUT2D eigenvalue weighted by molar-refractivity contribution is -0.130. The van der Waals surface area contributed by atoms with E-state index in [-0.39, 0.29) is 12.5 Å². The number of benzene rings is 3. The van der Waals surface area contributed by atoms with Gasteiger partial charge in [0.1, 0.15) is 0 Å². The van der Waals surface area contributed by atoms with Crippen LogP contribution in [0.5, 0.6) is 0 Å². The van der Waals surface area contributed by atoms with E-state index in [4.69, 9.17) is 0 Å². The second kappa shape index (κ2) is 7.36. The number of imide groups is 1. The van der Waals surface area contributed by atoms with Gasteiger partial charge in [0.2, 0.25) is 0 Å². The molecule has 0 unspecified atom stereocenters. The minimum atomic E-state index is -1.25. The zero-order valence-corrected chi connectivity index (χ0v) is 17.1. The van der Waals surface area contributed by atoms with Gasteiger partial charge in [-0.25, -0.2) is 4.79 Å². The van der Waals surface area contributed by atoms with Gasteiger partial charge in [0.05, 0.1) is 12.1 Å². The summed E-state index contributed by atoms with van der Waals surface area (Å²) in [6.07, 6.45) is 0. The maximum absolute atomic E-state index is 13.9. The molecule has 1 saturated heterocycles. The van der Waals surface area contributed by atoms with Crippen molar-refractivity contribution >= 4 is 22.8 Å². The third-order valence-corrected chi connectivity index (χ3v) is 5.78. The smallest absolute Gasteiger partial charge is 0.315 e. The van der Waals surface area contributed by atoms with Gasteiger partial charge < -0.3 is 5.32 Å². The fraction of sp³-hybridized carbons (Fsp3) is 0.115. The molecule has 0 bridgehead atoms. The van der Waals surface area contributed by atoms with Crippen LogP contribution < -0.4 is 5.32 Å². The topological polar surface area (TPSA) is 62.3 Å². The lowest BCUT2D eigenvalue weighted by Gasteiger charge is -2.28. The summed E-state index contributed by atoms with van der Waals surface area (Å²) in [4.78, 5) is 32.9. The van der Waals surface area contributed by atoms with Crippen LogP contribution in [0.15, 0.2) is 91.0 Å². The number of urea groups is 1. The molecule has 1 N–H and O–H groups in total. The number of amides is 3. The van der Waals surface area contributed by atoms with Gasteiger partial charge >= 0.3 is 6.03 Å². The minimum absolute atomic E-state index is 0.177. The Morgan fingerprint density at radius 2 is 1.42 bits per heavy atom. The lowest BCUT2D eigenvalue weighted by atomic mass is 9.82. The molecule has 0 spiro atoms. The largest absolute Gasteiger partial charge is 0.325 e. The molecule has 152 valence electrons. The lowest BCUT2D eigenvalue weighted by Crippen LogP contribution is -2.45. The molecule has 5 heteroatoms. The van der Waals surface area contributed by atoms with Crippen LogP contribution in [0.1, 0.15) is 22.4 Å². The summed E-state index contributed by atoms with van der Waals surface area (Å²) in [7, 11) is 0. The Hall–Kier alpha value is -3.99. The van der Waals surface area contributed by atoms with E-state index in [1.807, 2.05) is 97.9 Å². The number of nitrogens with one attached hydrogen (secondary N) is 1. The van der Waals surface area contributed by atoms with Crippen LogP contribution in [-0.4, -0.2) is 21.8 Å². The molecule has 31 heavy (non-hydrogen) atoms. The standard InChI is InChI=1S/C26H21N3O2/c1-18-16-19(22-14-8-9-15-23(22)27-18)17-29-24(30)26(28-25(29)31,20-10-4-2-5-11-20)21-12-6-3-7-13-21/h2-16H,17H2,1H3,(H,28,31). The Labute approximate surface area is 180 Å². The predicted octanol–water partition coefficient (Wildman–Crippen LogP) is 4.54. The van der Waals surface area contributed by atoms with Crippen LogP contribution in [-0.2, 0) is 16.9 Å². The maximum atomic E-state index is 13.9. The monoisotopic (exact) mass is 407 g/mol. The van der Waals surface area contributed by atoms with Crippen molar-refractivity contribution in [2.75, 3.05) is 0 Å². The van der Waals surface area contributed by atoms with Crippen molar-refractivity contribution in [3.63, 3.8) is 0 Å². The van der Waals surface area contributed by atoms with Gasteiger partial charge in [-0.2, -0.15) is 0 Å². The molecule has 3 amide bonds. The fourth-order valence-corrected chi connectivity index (χ4v) is 4.35. The molecule has 1 fully saturated rings. The van der Waals surface area contributed by atoms with Crippen molar-refractivity contribution in [3.8, 4) is 0 Å². The van der Waals surface area contributed by atoms with Crippen molar-refractivity contribution in [2.45, 2.75) is 19.0 Å². The van der Waals surface area contributed by atoms with Crippen molar-refractivity contribution in [1.29, 1.82) is 0 Å². The Balaban J connectivity index is 1.62. The molecular formula is C26H21N3O2. The zero-order chi connectivity index (χ0) is 21.4. The van der Waals surface area contributed by atoms with Crippen molar-refractivity contribution < 1.29 is 9.59 Å². The summed E-state index contributed by atoms with van der Waals surface area (Å²) in [6.45, 7) is 2.09. The van der Waals surface area contributed by atoms with Gasteiger partial charge in [-0.05, 0) is 35.7 Å². The Morgan fingerprint density at radius 3 is 2.06 bits per heavy atom. The summed E-state index contributed by atoms with van der Waals surface area (Å²) in [5.41, 5.74) is 2.80. The Bertz CT molecular complexity index is 1250. The van der Waals surface area contributed by atoms with E-state index in [0.29, 0.717) is 0 Å². The molecule has 5 nitrogen and oxygen atoms in total. The van der Waals surface area contributed by atoms with Crippen molar-refractivity contribution in [1.82, 2.24) is 15.2 Å².